The minimum Gasteiger partial charge on any atom is -0.604 e. The van der Waals surface area contributed by atoms with Gasteiger partial charge in [0.25, 0.3) is 0 Å². The summed E-state index contributed by atoms with van der Waals surface area (Å²) in [6.07, 6.45) is 3.47. The molecule has 2 unspecified atom stereocenters. The Morgan fingerprint density at radius 2 is 0.833 bits per heavy atom. The number of hydrogen-bond donors (Lipinski definition) is 0. The van der Waals surface area contributed by atoms with Gasteiger partial charge in [0, 0.05) is 654 Å². The average molecular weight is 1920 g/mol. The second kappa shape index (κ2) is 104. The van der Waals surface area contributed by atoms with Crippen LogP contribution in [0.25, 0.3) is 0 Å². The Kier molecular flexibility index (Phi) is 459. The Morgan fingerprint density at radius 3 is 0.967 bits per heavy atom. The van der Waals surface area contributed by atoms with Gasteiger partial charge in [-0.05, 0) is 12.7 Å². The van der Waals surface area contributed by atoms with E-state index in [1.807, 2.05) is 13.3 Å². The van der Waals surface area contributed by atoms with Crippen LogP contribution >= 0.6 is 0 Å². The summed E-state index contributed by atoms with van der Waals surface area (Å²) in [7, 11) is 0. The Balaban J connectivity index is -0.00000000278. The van der Waals surface area contributed by atoms with Crippen LogP contribution in [0.2, 0.25) is 0 Å². The van der Waals surface area contributed by atoms with Crippen LogP contribution in [0.1, 0.15) is 13.8 Å². The molecule has 0 N–H and O–H groups in total. The van der Waals surface area contributed by atoms with E-state index in [9.17, 15) is 4.79 Å². The maximum absolute atomic E-state index is 10.5. The standard InChI is InChI=1S/C8H11O2.20Y/c1-6-3-8(10-5-6)4-7(2)9;;;;;;;;;;;;;;;;;;;;/h3-6,8H,1-2H3;;;;;;;;;;;;;;;;;;;;/q-3;;;;;;;;;;;;;;;;;;;;. The van der Waals surface area contributed by atoms with Gasteiger partial charge in [0.2, 0.25) is 0 Å². The van der Waals surface area contributed by atoms with Crippen LogP contribution in [0.5, 0.6) is 0 Å². The smallest absolute Gasteiger partial charge is 0 e. The van der Waals surface area contributed by atoms with E-state index in [0.717, 1.165) is 0 Å². The maximum atomic E-state index is 10.5. The number of ketones is 1. The van der Waals surface area contributed by atoms with E-state index in [4.69, 9.17) is 4.74 Å². The van der Waals surface area contributed by atoms with Crippen molar-refractivity contribution < 1.29 is 664 Å². The van der Waals surface area contributed by atoms with Crippen LogP contribution in [0.4, 0.5) is 0 Å². The second-order valence-electron chi connectivity index (χ2n) is 2.57. The quantitative estimate of drug-likeness (QED) is 0.389. The van der Waals surface area contributed by atoms with Crippen LogP contribution in [-0.2, 0) is 664 Å². The van der Waals surface area contributed by atoms with Crippen molar-refractivity contribution in [1.29, 1.82) is 0 Å². The molecule has 2 atom stereocenters. The van der Waals surface area contributed by atoms with E-state index >= 15 is 0 Å². The van der Waals surface area contributed by atoms with E-state index in [1.54, 1.807) is 13.0 Å². The van der Waals surface area contributed by atoms with E-state index < -0.39 is 0 Å². The van der Waals surface area contributed by atoms with Gasteiger partial charge in [-0.25, -0.2) is 12.7 Å². The Labute approximate surface area is 689 Å². The summed E-state index contributed by atoms with van der Waals surface area (Å²) in [4.78, 5) is 10.5. The van der Waals surface area contributed by atoms with E-state index in [2.05, 4.69) is 0 Å². The molecule has 1 saturated heterocycles. The molecule has 22 heteroatoms. The second-order valence-corrected chi connectivity index (χ2v) is 2.57. The molecule has 1 rings (SSSR count). The first-order valence-electron chi connectivity index (χ1n) is 3.37. The average Bonchev–Trinajstić information content (AvgIpc) is 2.13. The van der Waals surface area contributed by atoms with Gasteiger partial charge in [0.15, 0.2) is 0 Å². The van der Waals surface area contributed by atoms with E-state index in [0.29, 0.717) is 5.92 Å². The number of Topliss-reactive ketones (excluding diaryl/α,β-unsaturated/α-hetero) is 1. The molecule has 0 aromatic rings. The molecule has 0 amide bonds. The summed E-state index contributed by atoms with van der Waals surface area (Å²) in [5.41, 5.74) is 0. The van der Waals surface area contributed by atoms with Gasteiger partial charge in [0.05, 0.1) is 0 Å². The fourth-order valence-electron chi connectivity index (χ4n) is 0.931. The third kappa shape index (κ3) is 97.9. The predicted molar refractivity (Wildman–Crippen MR) is 37.6 cm³/mol. The summed E-state index contributed by atoms with van der Waals surface area (Å²) in [5, 5.41) is 0. The molecule has 0 aromatic carbocycles. The van der Waals surface area contributed by atoms with Crippen molar-refractivity contribution in [2.45, 2.75) is 20.0 Å². The normalized spacial score (nSPS) is 10.7. The van der Waals surface area contributed by atoms with Crippen LogP contribution in [0.3, 0.4) is 0 Å². The van der Waals surface area contributed by atoms with Crippen LogP contribution in [0.15, 0.2) is 0 Å². The molecular weight excluding hydrogens is 1910 g/mol. The van der Waals surface area contributed by atoms with E-state index in [1.165, 1.54) is 6.92 Å². The Hall–Kier alpha value is 21.6. The summed E-state index contributed by atoms with van der Waals surface area (Å²) >= 11 is 0. The molecular formula is C8H11O2Y20-3. The van der Waals surface area contributed by atoms with Crippen molar-refractivity contribution in [3.63, 3.8) is 0 Å². The first kappa shape index (κ1) is 132. The largest absolute Gasteiger partial charge is 0.604 e. The molecule has 0 saturated carbocycles. The van der Waals surface area contributed by atoms with Gasteiger partial charge in [-0.2, -0.15) is 0 Å². The SMILES string of the molecule is CC(=O)[CH-]C1[CH-]C(C)[CH-]O1.[Y].[Y].[Y].[Y].[Y].[Y].[Y].[Y].[Y].[Y].[Y].[Y].[Y].[Y].[Y].[Y].[Y].[Y].[Y].[Y]. The van der Waals surface area contributed by atoms with E-state index in [-0.39, 0.29) is 666 Å². The van der Waals surface area contributed by atoms with Crippen LogP contribution < -0.4 is 0 Å². The van der Waals surface area contributed by atoms with Crippen molar-refractivity contribution in [2.24, 2.45) is 5.92 Å². The van der Waals surface area contributed by atoms with Crippen molar-refractivity contribution in [1.82, 2.24) is 0 Å². The molecule has 0 spiro atoms. The summed E-state index contributed by atoms with van der Waals surface area (Å²) < 4.78 is 5.12. The van der Waals surface area contributed by atoms with Gasteiger partial charge in [-0.1, -0.05) is 0 Å². The molecule has 118 valence electrons. The first-order valence-corrected chi connectivity index (χ1v) is 3.37. The molecule has 1 heterocycles. The zero-order chi connectivity index (χ0) is 7.56. The fraction of sp³-hybridized carbons (Fsp3) is 0.500. The zero-order valence-corrected chi connectivity index (χ0v) is 74.5. The van der Waals surface area contributed by atoms with Gasteiger partial charge in [-0.15, -0.1) is 6.92 Å². The molecule has 0 aromatic heterocycles. The third-order valence-corrected chi connectivity index (χ3v) is 1.34. The molecule has 1 aliphatic heterocycles. The molecule has 1 aliphatic rings. The summed E-state index contributed by atoms with van der Waals surface area (Å²) in [6, 6.07) is 0. The van der Waals surface area contributed by atoms with Crippen molar-refractivity contribution in [3.8, 4) is 0 Å². The molecule has 2 nitrogen and oxygen atoms in total. The Morgan fingerprint density at radius 1 is 0.600 bits per heavy atom. The van der Waals surface area contributed by atoms with Gasteiger partial charge in [0.1, 0.15) is 0 Å². The molecule has 0 bridgehead atoms. The molecule has 30 heavy (non-hydrogen) atoms. The third-order valence-electron chi connectivity index (χ3n) is 1.34. The summed E-state index contributed by atoms with van der Waals surface area (Å²) in [6.45, 7) is 5.29. The number of rotatable bonds is 2. The first-order chi connectivity index (χ1) is 4.68. The number of carbonyl (C=O) groups is 1. The fourth-order valence-corrected chi connectivity index (χ4v) is 0.931. The zero-order valence-electron chi connectivity index (χ0n) is 17.8. The predicted octanol–water partition coefficient (Wildman–Crippen LogP) is 1.13. The Bertz CT molecular complexity index is 159. The van der Waals surface area contributed by atoms with Gasteiger partial charge < -0.3 is 22.4 Å². The number of ether oxygens (including phenoxy) is 1. The van der Waals surface area contributed by atoms with Crippen molar-refractivity contribution in [3.05, 3.63) is 19.4 Å². The van der Waals surface area contributed by atoms with Gasteiger partial charge in [-0.3, -0.25) is 5.92 Å². The topological polar surface area (TPSA) is 26.3 Å². The van der Waals surface area contributed by atoms with Crippen LogP contribution in [-0.4, -0.2) is 11.9 Å². The van der Waals surface area contributed by atoms with Gasteiger partial charge >= 0.3 is 0 Å². The summed E-state index contributed by atoms with van der Waals surface area (Å²) in [5.74, 6) is 0.421. The van der Waals surface area contributed by atoms with Crippen molar-refractivity contribution >= 4 is 5.78 Å². The minimum absolute atomic E-state index is 0. The number of hydrogen-bond acceptors (Lipinski definition) is 2. The monoisotopic (exact) mass is 1920 g/mol. The molecule has 0 aliphatic carbocycles. The molecule has 1 fully saturated rings. The van der Waals surface area contributed by atoms with Crippen molar-refractivity contribution in [2.75, 3.05) is 0 Å². The molecule has 20 radical (unpaired) electrons. The van der Waals surface area contributed by atoms with Crippen LogP contribution in [0, 0.1) is 25.4 Å². The minimum atomic E-state index is -0.0903. The maximum Gasteiger partial charge on any atom is 0 e. The number of carbonyl (C=O) groups excluding carboxylic acids is 1.